The second-order valence-corrected chi connectivity index (χ2v) is 4.10. The van der Waals surface area contributed by atoms with Crippen LogP contribution < -0.4 is 0 Å². The van der Waals surface area contributed by atoms with Crippen LogP contribution in [0.2, 0.25) is 0 Å². The van der Waals surface area contributed by atoms with Crippen molar-refractivity contribution in [1.29, 1.82) is 0 Å². The fourth-order valence-electron chi connectivity index (χ4n) is 0.636. The second kappa shape index (κ2) is 5.18. The third-order valence-electron chi connectivity index (χ3n) is 1.27. The van der Waals surface area contributed by atoms with Gasteiger partial charge in [0.25, 0.3) is 0 Å². The molecule has 0 spiro atoms. The highest BCUT2D eigenvalue weighted by Gasteiger charge is 2.22. The molecule has 0 radical (unpaired) electrons. The lowest BCUT2D eigenvalue weighted by Gasteiger charge is -2.15. The number of hydrogen-bond acceptors (Lipinski definition) is 4. The average molecular weight is 212 g/mol. The molecule has 0 saturated heterocycles. The number of rotatable bonds is 6. The van der Waals surface area contributed by atoms with Crippen molar-refractivity contribution in [2.75, 3.05) is 6.61 Å². The van der Waals surface area contributed by atoms with Crippen molar-refractivity contribution in [3.8, 4) is 0 Å². The molecule has 2 unspecified atom stereocenters. The van der Waals surface area contributed by atoms with Gasteiger partial charge >= 0.3 is 10.2 Å². The van der Waals surface area contributed by atoms with Crippen molar-refractivity contribution in [2.45, 2.75) is 25.4 Å². The van der Waals surface area contributed by atoms with Crippen LogP contribution in [0.1, 0.15) is 13.8 Å². The molecule has 2 atom stereocenters. The molecule has 0 amide bonds. The van der Waals surface area contributed by atoms with Gasteiger partial charge in [-0.05, 0) is 13.8 Å². The minimum atomic E-state index is -4.63. The van der Waals surface area contributed by atoms with E-state index in [2.05, 4.69) is 6.58 Å². The molecule has 0 fully saturated rings. The molecule has 13 heavy (non-hydrogen) atoms. The van der Waals surface area contributed by atoms with Gasteiger partial charge in [0.05, 0.1) is 12.4 Å². The molecule has 0 saturated carbocycles. The van der Waals surface area contributed by atoms with E-state index in [0.29, 0.717) is 0 Å². The van der Waals surface area contributed by atoms with E-state index < -0.39 is 21.8 Å². The normalized spacial score (nSPS) is 16.2. The van der Waals surface area contributed by atoms with Crippen molar-refractivity contribution in [3.05, 3.63) is 12.8 Å². The van der Waals surface area contributed by atoms with E-state index in [4.69, 9.17) is 9.47 Å². The first-order chi connectivity index (χ1) is 5.88. The van der Waals surface area contributed by atoms with E-state index in [1.807, 2.05) is 0 Å². The molecule has 0 rings (SSSR count). The predicted molar refractivity (Wildman–Crippen MR) is 46.2 cm³/mol. The van der Waals surface area contributed by atoms with Gasteiger partial charge in [-0.2, -0.15) is 8.42 Å². The average Bonchev–Trinajstić information content (AvgIpc) is 1.99. The van der Waals surface area contributed by atoms with Gasteiger partial charge in [-0.25, -0.2) is 0 Å². The quantitative estimate of drug-likeness (QED) is 0.490. The van der Waals surface area contributed by atoms with E-state index in [1.54, 1.807) is 6.92 Å². The standard InChI is InChI=1S/C7H13FO4S/c1-4-11-5-6(2)12-7(3)13(8,9)10/h4,6-7H,1,5H2,2-3H3. The Hall–Kier alpha value is -0.620. The first kappa shape index (κ1) is 12.4. The Kier molecular flexibility index (Phi) is 4.94. The fourth-order valence-corrected chi connectivity index (χ4v) is 0.959. The molecule has 0 aliphatic rings. The van der Waals surface area contributed by atoms with Crippen LogP contribution in [-0.2, 0) is 19.7 Å². The van der Waals surface area contributed by atoms with E-state index in [-0.39, 0.29) is 6.61 Å². The van der Waals surface area contributed by atoms with Crippen LogP contribution >= 0.6 is 0 Å². The van der Waals surface area contributed by atoms with Crippen LogP contribution in [-0.4, -0.2) is 26.6 Å². The van der Waals surface area contributed by atoms with Gasteiger partial charge in [-0.3, -0.25) is 0 Å². The Bertz CT molecular complexity index is 249. The molecule has 0 bridgehead atoms. The summed E-state index contributed by atoms with van der Waals surface area (Å²) in [5, 5.41) is 0. The first-order valence-corrected chi connectivity index (χ1v) is 5.14. The van der Waals surface area contributed by atoms with E-state index in [1.165, 1.54) is 6.26 Å². The molecule has 0 aromatic rings. The number of halogens is 1. The predicted octanol–water partition coefficient (Wildman–Crippen LogP) is 1.20. The number of hydrogen-bond donors (Lipinski definition) is 0. The van der Waals surface area contributed by atoms with Crippen molar-refractivity contribution in [3.63, 3.8) is 0 Å². The van der Waals surface area contributed by atoms with Gasteiger partial charge in [-0.1, -0.05) is 6.58 Å². The molecule has 4 nitrogen and oxygen atoms in total. The van der Waals surface area contributed by atoms with Crippen molar-refractivity contribution < 1.29 is 21.8 Å². The minimum absolute atomic E-state index is 0.142. The van der Waals surface area contributed by atoms with Gasteiger partial charge in [0, 0.05) is 0 Å². The van der Waals surface area contributed by atoms with Crippen LogP contribution in [0.25, 0.3) is 0 Å². The van der Waals surface area contributed by atoms with Gasteiger partial charge in [-0.15, -0.1) is 3.89 Å². The summed E-state index contributed by atoms with van der Waals surface area (Å²) in [5.41, 5.74) is -1.46. The lowest BCUT2D eigenvalue weighted by molar-refractivity contribution is 0.00728. The van der Waals surface area contributed by atoms with Gasteiger partial charge < -0.3 is 9.47 Å². The van der Waals surface area contributed by atoms with E-state index in [0.717, 1.165) is 6.92 Å². The Morgan fingerprint density at radius 3 is 2.46 bits per heavy atom. The smallest absolute Gasteiger partial charge is 0.329 e. The molecular weight excluding hydrogens is 199 g/mol. The minimum Gasteiger partial charge on any atom is -0.499 e. The highest BCUT2D eigenvalue weighted by atomic mass is 32.3. The Balaban J connectivity index is 3.92. The fraction of sp³-hybridized carbons (Fsp3) is 0.714. The largest absolute Gasteiger partial charge is 0.499 e. The van der Waals surface area contributed by atoms with Crippen LogP contribution in [0.3, 0.4) is 0 Å². The first-order valence-electron chi connectivity index (χ1n) is 3.69. The molecule has 0 aliphatic carbocycles. The Morgan fingerprint density at radius 1 is 1.54 bits per heavy atom. The van der Waals surface area contributed by atoms with Gasteiger partial charge in [0.1, 0.15) is 6.61 Å². The van der Waals surface area contributed by atoms with Crippen LogP contribution in [0.4, 0.5) is 3.89 Å². The monoisotopic (exact) mass is 212 g/mol. The molecular formula is C7H13FO4S. The molecule has 0 heterocycles. The zero-order chi connectivity index (χ0) is 10.5. The molecule has 6 heteroatoms. The van der Waals surface area contributed by atoms with Gasteiger partial charge in [0.2, 0.25) is 0 Å². The van der Waals surface area contributed by atoms with Crippen molar-refractivity contribution in [2.24, 2.45) is 0 Å². The van der Waals surface area contributed by atoms with E-state index in [9.17, 15) is 12.3 Å². The summed E-state index contributed by atoms with van der Waals surface area (Å²) in [6.07, 6.45) is 0.701. The number of ether oxygens (including phenoxy) is 2. The third kappa shape index (κ3) is 5.59. The summed E-state index contributed by atoms with van der Waals surface area (Å²) in [7, 11) is -4.63. The molecule has 0 N–H and O–H groups in total. The maximum atomic E-state index is 12.3. The summed E-state index contributed by atoms with van der Waals surface area (Å²) < 4.78 is 42.3. The summed E-state index contributed by atoms with van der Waals surface area (Å²) in [5.74, 6) is 0. The Labute approximate surface area is 77.6 Å². The third-order valence-corrected chi connectivity index (χ3v) is 2.17. The molecule has 78 valence electrons. The molecule has 0 aromatic carbocycles. The highest BCUT2D eigenvalue weighted by molar-refractivity contribution is 7.86. The van der Waals surface area contributed by atoms with Gasteiger partial charge in [0.15, 0.2) is 5.44 Å². The van der Waals surface area contributed by atoms with Crippen LogP contribution in [0.15, 0.2) is 12.8 Å². The topological polar surface area (TPSA) is 52.6 Å². The van der Waals surface area contributed by atoms with Crippen molar-refractivity contribution in [1.82, 2.24) is 0 Å². The highest BCUT2D eigenvalue weighted by Crippen LogP contribution is 2.07. The Morgan fingerprint density at radius 2 is 2.08 bits per heavy atom. The molecule has 0 aliphatic heterocycles. The SMILES string of the molecule is C=COCC(C)OC(C)S(=O)(=O)F. The lowest BCUT2D eigenvalue weighted by Crippen LogP contribution is -2.25. The van der Waals surface area contributed by atoms with E-state index >= 15 is 0 Å². The molecule has 0 aromatic heterocycles. The maximum Gasteiger partial charge on any atom is 0.329 e. The van der Waals surface area contributed by atoms with Crippen LogP contribution in [0, 0.1) is 0 Å². The zero-order valence-electron chi connectivity index (χ0n) is 7.57. The van der Waals surface area contributed by atoms with Crippen LogP contribution in [0.5, 0.6) is 0 Å². The summed E-state index contributed by atoms with van der Waals surface area (Å²) in [4.78, 5) is 0. The van der Waals surface area contributed by atoms with Crippen molar-refractivity contribution >= 4 is 10.2 Å². The summed E-state index contributed by atoms with van der Waals surface area (Å²) >= 11 is 0. The zero-order valence-corrected chi connectivity index (χ0v) is 8.38. The maximum absolute atomic E-state index is 12.3. The summed E-state index contributed by atoms with van der Waals surface area (Å²) in [6.45, 7) is 6.13. The second-order valence-electron chi connectivity index (χ2n) is 2.49. The lowest BCUT2D eigenvalue weighted by atomic mass is 10.4. The summed E-state index contributed by atoms with van der Waals surface area (Å²) in [6, 6.07) is 0.